The Balaban J connectivity index is 1.84. The summed E-state index contributed by atoms with van der Waals surface area (Å²) in [4.78, 5) is 14.3. The quantitative estimate of drug-likeness (QED) is 0.766. The molecule has 98 valence electrons. The van der Waals surface area contributed by atoms with E-state index < -0.39 is 0 Å². The number of aryl methyl sites for hydroxylation is 1. The van der Waals surface area contributed by atoms with Crippen molar-refractivity contribution in [3.63, 3.8) is 0 Å². The Morgan fingerprint density at radius 1 is 1.39 bits per heavy atom. The minimum atomic E-state index is -0.373. The van der Waals surface area contributed by atoms with Gasteiger partial charge in [-0.2, -0.15) is 0 Å². The lowest BCUT2D eigenvalue weighted by molar-refractivity contribution is -0.0921. The van der Waals surface area contributed by atoms with Crippen LogP contribution in [0.15, 0.2) is 10.6 Å². The van der Waals surface area contributed by atoms with E-state index in [0.717, 1.165) is 25.7 Å². The van der Waals surface area contributed by atoms with Crippen molar-refractivity contribution in [2.75, 3.05) is 13.2 Å². The van der Waals surface area contributed by atoms with Crippen LogP contribution in [-0.4, -0.2) is 34.8 Å². The first kappa shape index (κ1) is 11.7. The second kappa shape index (κ2) is 4.39. The van der Waals surface area contributed by atoms with Crippen molar-refractivity contribution in [1.29, 1.82) is 0 Å². The predicted molar refractivity (Wildman–Crippen MR) is 64.0 cm³/mol. The zero-order chi connectivity index (χ0) is 12.6. The third kappa shape index (κ3) is 1.82. The molecular weight excluding hydrogens is 232 g/mol. The summed E-state index contributed by atoms with van der Waals surface area (Å²) >= 11 is 0. The number of ether oxygens (including phenoxy) is 1. The van der Waals surface area contributed by atoms with E-state index in [0.29, 0.717) is 24.6 Å². The van der Waals surface area contributed by atoms with Gasteiger partial charge < -0.3 is 14.2 Å². The lowest BCUT2D eigenvalue weighted by Gasteiger charge is -2.39. The van der Waals surface area contributed by atoms with Gasteiger partial charge in [0, 0.05) is 12.6 Å². The first-order chi connectivity index (χ1) is 8.71. The lowest BCUT2D eigenvalue weighted by Crippen LogP contribution is -2.49. The highest BCUT2D eigenvalue weighted by molar-refractivity contribution is 5.92. The summed E-state index contributed by atoms with van der Waals surface area (Å²) in [6, 6.07) is 1.69. The predicted octanol–water partition coefficient (Wildman–Crippen LogP) is 2.12. The molecule has 1 aliphatic carbocycles. The molecule has 0 radical (unpaired) electrons. The molecule has 1 aromatic heterocycles. The number of carbonyl (C=O) groups is 1. The molecule has 0 atom stereocenters. The van der Waals surface area contributed by atoms with Crippen LogP contribution in [0, 0.1) is 6.92 Å². The van der Waals surface area contributed by atoms with E-state index >= 15 is 0 Å². The Kier molecular flexibility index (Phi) is 2.86. The molecule has 0 N–H and O–H groups in total. The molecule has 1 saturated carbocycles. The van der Waals surface area contributed by atoms with Crippen molar-refractivity contribution in [3.8, 4) is 0 Å². The van der Waals surface area contributed by atoms with Crippen molar-refractivity contribution < 1.29 is 14.1 Å². The summed E-state index contributed by atoms with van der Waals surface area (Å²) in [6.45, 7) is 3.08. The minimum absolute atomic E-state index is 0.0637. The Hall–Kier alpha value is -1.36. The molecule has 1 aromatic rings. The standard InChI is InChI=1S/C13H18N2O3/c1-10-9-11(14-18-10)12(16)15-7-8-17-13(15)5-3-2-4-6-13/h9H,2-8H2,1H3. The number of carbonyl (C=O) groups excluding carboxylic acids is 1. The topological polar surface area (TPSA) is 55.6 Å². The first-order valence-corrected chi connectivity index (χ1v) is 6.61. The summed E-state index contributed by atoms with van der Waals surface area (Å²) in [5, 5.41) is 3.82. The molecule has 0 bridgehead atoms. The molecule has 18 heavy (non-hydrogen) atoms. The number of nitrogens with zero attached hydrogens (tertiary/aromatic N) is 2. The first-order valence-electron chi connectivity index (χ1n) is 6.61. The van der Waals surface area contributed by atoms with Crippen LogP contribution in [0.2, 0.25) is 0 Å². The minimum Gasteiger partial charge on any atom is -0.361 e. The number of hydrogen-bond donors (Lipinski definition) is 0. The monoisotopic (exact) mass is 250 g/mol. The van der Waals surface area contributed by atoms with Crippen LogP contribution < -0.4 is 0 Å². The van der Waals surface area contributed by atoms with Crippen molar-refractivity contribution >= 4 is 5.91 Å². The number of amides is 1. The molecule has 2 aliphatic rings. The summed E-state index contributed by atoms with van der Waals surface area (Å²) < 4.78 is 10.9. The molecule has 1 amide bonds. The molecule has 5 nitrogen and oxygen atoms in total. The second-order valence-corrected chi connectivity index (χ2v) is 5.13. The zero-order valence-electron chi connectivity index (χ0n) is 10.6. The van der Waals surface area contributed by atoms with Gasteiger partial charge >= 0.3 is 0 Å². The van der Waals surface area contributed by atoms with Crippen LogP contribution in [0.3, 0.4) is 0 Å². The maximum absolute atomic E-state index is 12.5. The van der Waals surface area contributed by atoms with Gasteiger partial charge in [0.2, 0.25) is 0 Å². The number of hydrogen-bond acceptors (Lipinski definition) is 4. The Morgan fingerprint density at radius 2 is 2.17 bits per heavy atom. The molecule has 0 unspecified atom stereocenters. The van der Waals surface area contributed by atoms with Crippen LogP contribution in [0.1, 0.15) is 48.4 Å². The van der Waals surface area contributed by atoms with Crippen molar-refractivity contribution in [3.05, 3.63) is 17.5 Å². The summed E-state index contributed by atoms with van der Waals surface area (Å²) in [5.74, 6) is 0.599. The molecule has 1 saturated heterocycles. The molecule has 1 spiro atoms. The Labute approximate surface area is 106 Å². The Morgan fingerprint density at radius 3 is 2.83 bits per heavy atom. The van der Waals surface area contributed by atoms with Crippen molar-refractivity contribution in [2.24, 2.45) is 0 Å². The maximum atomic E-state index is 12.5. The fraction of sp³-hybridized carbons (Fsp3) is 0.692. The van der Waals surface area contributed by atoms with E-state index in [1.807, 2.05) is 4.90 Å². The third-order valence-corrected chi connectivity index (χ3v) is 3.90. The van der Waals surface area contributed by atoms with Gasteiger partial charge in [-0.3, -0.25) is 4.79 Å². The van der Waals surface area contributed by atoms with E-state index in [9.17, 15) is 4.79 Å². The number of aromatic nitrogens is 1. The summed E-state index contributed by atoms with van der Waals surface area (Å²) in [6.07, 6.45) is 5.37. The highest BCUT2D eigenvalue weighted by Gasteiger charge is 2.46. The smallest absolute Gasteiger partial charge is 0.278 e. The van der Waals surface area contributed by atoms with Crippen LogP contribution in [0.4, 0.5) is 0 Å². The second-order valence-electron chi connectivity index (χ2n) is 5.13. The molecule has 3 rings (SSSR count). The molecular formula is C13H18N2O3. The zero-order valence-corrected chi connectivity index (χ0v) is 10.6. The van der Waals surface area contributed by atoms with Gasteiger partial charge in [-0.05, 0) is 32.6 Å². The van der Waals surface area contributed by atoms with Crippen LogP contribution in [0.25, 0.3) is 0 Å². The summed E-state index contributed by atoms with van der Waals surface area (Å²) in [7, 11) is 0. The van der Waals surface area contributed by atoms with Crippen LogP contribution in [0.5, 0.6) is 0 Å². The molecule has 1 aliphatic heterocycles. The molecule has 5 heteroatoms. The van der Waals surface area contributed by atoms with E-state index in [-0.39, 0.29) is 11.6 Å². The van der Waals surface area contributed by atoms with Gasteiger partial charge in [0.25, 0.3) is 5.91 Å². The summed E-state index contributed by atoms with van der Waals surface area (Å²) in [5.41, 5.74) is 0.0188. The van der Waals surface area contributed by atoms with Crippen molar-refractivity contribution in [1.82, 2.24) is 10.1 Å². The largest absolute Gasteiger partial charge is 0.361 e. The van der Waals surface area contributed by atoms with Crippen molar-refractivity contribution in [2.45, 2.75) is 44.8 Å². The SMILES string of the molecule is Cc1cc(C(=O)N2CCOC23CCCCC3)no1. The lowest BCUT2D eigenvalue weighted by atomic mass is 9.90. The van der Waals surface area contributed by atoms with E-state index in [2.05, 4.69) is 5.16 Å². The van der Waals surface area contributed by atoms with Crippen LogP contribution in [-0.2, 0) is 4.74 Å². The van der Waals surface area contributed by atoms with Gasteiger partial charge in [-0.25, -0.2) is 0 Å². The third-order valence-electron chi connectivity index (χ3n) is 3.90. The fourth-order valence-corrected chi connectivity index (χ4v) is 3.02. The van der Waals surface area contributed by atoms with Gasteiger partial charge in [0.1, 0.15) is 11.5 Å². The average Bonchev–Trinajstić information content (AvgIpc) is 2.97. The van der Waals surface area contributed by atoms with E-state index in [1.165, 1.54) is 6.42 Å². The normalized spacial score (nSPS) is 22.6. The molecule has 0 aromatic carbocycles. The van der Waals surface area contributed by atoms with Gasteiger partial charge in [0.15, 0.2) is 5.69 Å². The van der Waals surface area contributed by atoms with Gasteiger partial charge in [-0.1, -0.05) is 11.6 Å². The average molecular weight is 250 g/mol. The highest BCUT2D eigenvalue weighted by Crippen LogP contribution is 2.38. The van der Waals surface area contributed by atoms with E-state index in [1.54, 1.807) is 13.0 Å². The van der Waals surface area contributed by atoms with Crippen LogP contribution >= 0.6 is 0 Å². The highest BCUT2D eigenvalue weighted by atomic mass is 16.5. The van der Waals surface area contributed by atoms with E-state index in [4.69, 9.17) is 9.26 Å². The van der Waals surface area contributed by atoms with Gasteiger partial charge in [-0.15, -0.1) is 0 Å². The fourth-order valence-electron chi connectivity index (χ4n) is 3.02. The Bertz CT molecular complexity index is 449. The number of rotatable bonds is 1. The molecule has 2 heterocycles. The molecule has 2 fully saturated rings. The maximum Gasteiger partial charge on any atom is 0.278 e. The van der Waals surface area contributed by atoms with Gasteiger partial charge in [0.05, 0.1) is 6.61 Å².